The van der Waals surface area contributed by atoms with Gasteiger partial charge in [-0.05, 0) is 37.1 Å². The third-order valence-corrected chi connectivity index (χ3v) is 4.32. The summed E-state index contributed by atoms with van der Waals surface area (Å²) in [5, 5.41) is 10.2. The monoisotopic (exact) mass is 389 g/mol. The number of carbonyl (C=O) groups excluding carboxylic acids is 2. The van der Waals surface area contributed by atoms with Crippen molar-refractivity contribution < 1.29 is 9.59 Å². The number of primary amides is 1. The predicted octanol–water partition coefficient (Wildman–Crippen LogP) is 3.47. The molecule has 27 heavy (non-hydrogen) atoms. The van der Waals surface area contributed by atoms with E-state index in [2.05, 4.69) is 22.7 Å². The highest BCUT2D eigenvalue weighted by Gasteiger charge is 2.11. The minimum atomic E-state index is -0.617. The van der Waals surface area contributed by atoms with E-state index in [4.69, 9.17) is 17.3 Å². The topological polar surface area (TPSA) is 102 Å². The molecule has 2 aromatic rings. The van der Waals surface area contributed by atoms with Crippen molar-refractivity contribution in [2.75, 3.05) is 5.32 Å². The van der Waals surface area contributed by atoms with Gasteiger partial charge < -0.3 is 16.4 Å². The third-order valence-electron chi connectivity index (χ3n) is 3.92. The van der Waals surface area contributed by atoms with Gasteiger partial charge in [0.1, 0.15) is 5.15 Å². The summed E-state index contributed by atoms with van der Waals surface area (Å²) in [6.45, 7) is 5.10. The van der Waals surface area contributed by atoms with E-state index in [0.29, 0.717) is 17.4 Å². The standard InChI is InChI=1S/C19H24ClN5O2/c1-3-4-11-25-18(20)16(13(2)24-25)9-10-17(26)22-12-14-5-7-15(8-6-14)23-19(21)27/h5-10H,3-4,11-12H2,1-2H3,(H,22,26)(H3,21,23,27)/b10-9+. The van der Waals surface area contributed by atoms with Gasteiger partial charge in [-0.15, -0.1) is 0 Å². The molecule has 0 radical (unpaired) electrons. The lowest BCUT2D eigenvalue weighted by Gasteiger charge is -2.05. The van der Waals surface area contributed by atoms with Crippen LogP contribution in [-0.2, 0) is 17.9 Å². The first-order valence-electron chi connectivity index (χ1n) is 8.75. The molecule has 3 amide bonds. The Bertz CT molecular complexity index is 827. The summed E-state index contributed by atoms with van der Waals surface area (Å²) in [6, 6.07) is 6.42. The molecule has 4 N–H and O–H groups in total. The molecule has 0 unspecified atom stereocenters. The van der Waals surface area contributed by atoms with Crippen molar-refractivity contribution in [2.24, 2.45) is 5.73 Å². The molecule has 0 atom stereocenters. The van der Waals surface area contributed by atoms with Crippen molar-refractivity contribution >= 4 is 35.3 Å². The third kappa shape index (κ3) is 6.14. The Kier molecular flexibility index (Phi) is 7.43. The molecule has 1 heterocycles. The largest absolute Gasteiger partial charge is 0.351 e. The predicted molar refractivity (Wildman–Crippen MR) is 107 cm³/mol. The second-order valence-corrected chi connectivity index (χ2v) is 6.46. The van der Waals surface area contributed by atoms with Gasteiger partial charge in [-0.2, -0.15) is 5.10 Å². The zero-order valence-electron chi connectivity index (χ0n) is 15.5. The summed E-state index contributed by atoms with van der Waals surface area (Å²) in [5.74, 6) is -0.230. The fourth-order valence-electron chi connectivity index (χ4n) is 2.47. The molecule has 0 spiro atoms. The number of halogens is 1. The molecule has 1 aromatic heterocycles. The maximum Gasteiger partial charge on any atom is 0.316 e. The molecule has 1 aromatic carbocycles. The quantitative estimate of drug-likeness (QED) is 0.602. The summed E-state index contributed by atoms with van der Waals surface area (Å²) in [5.41, 5.74) is 8.10. The summed E-state index contributed by atoms with van der Waals surface area (Å²) in [4.78, 5) is 22.9. The Balaban J connectivity index is 1.92. The van der Waals surface area contributed by atoms with Gasteiger partial charge in [0.2, 0.25) is 5.91 Å². The van der Waals surface area contributed by atoms with Crippen LogP contribution in [0.1, 0.15) is 36.6 Å². The highest BCUT2D eigenvalue weighted by atomic mass is 35.5. The van der Waals surface area contributed by atoms with Gasteiger partial charge in [-0.3, -0.25) is 9.48 Å². The Morgan fingerprint density at radius 1 is 1.30 bits per heavy atom. The summed E-state index contributed by atoms with van der Waals surface area (Å²) < 4.78 is 1.76. The highest BCUT2D eigenvalue weighted by Crippen LogP contribution is 2.21. The second-order valence-electron chi connectivity index (χ2n) is 6.10. The van der Waals surface area contributed by atoms with Crippen LogP contribution in [0.2, 0.25) is 5.15 Å². The van der Waals surface area contributed by atoms with E-state index < -0.39 is 6.03 Å². The molecule has 0 saturated carbocycles. The van der Waals surface area contributed by atoms with Gasteiger partial charge in [0.05, 0.1) is 5.69 Å². The molecule has 0 aliphatic carbocycles. The smallest absolute Gasteiger partial charge is 0.316 e. The van der Waals surface area contributed by atoms with E-state index in [1.54, 1.807) is 35.0 Å². The molecule has 0 saturated heterocycles. The van der Waals surface area contributed by atoms with Crippen molar-refractivity contribution in [1.29, 1.82) is 0 Å². The highest BCUT2D eigenvalue weighted by molar-refractivity contribution is 6.31. The van der Waals surface area contributed by atoms with Crippen LogP contribution in [0.5, 0.6) is 0 Å². The summed E-state index contributed by atoms with van der Waals surface area (Å²) >= 11 is 6.35. The SMILES string of the molecule is CCCCn1nc(C)c(/C=C/C(=O)NCc2ccc(NC(N)=O)cc2)c1Cl. The zero-order chi connectivity index (χ0) is 19.8. The molecular formula is C19H24ClN5O2. The normalized spacial score (nSPS) is 10.9. The van der Waals surface area contributed by atoms with Crippen molar-refractivity contribution in [3.05, 3.63) is 52.3 Å². The molecule has 0 aliphatic heterocycles. The van der Waals surface area contributed by atoms with Crippen LogP contribution in [0, 0.1) is 6.92 Å². The molecule has 7 nitrogen and oxygen atoms in total. The van der Waals surface area contributed by atoms with Crippen LogP contribution in [0.15, 0.2) is 30.3 Å². The molecule has 0 bridgehead atoms. The van der Waals surface area contributed by atoms with E-state index in [1.165, 1.54) is 6.08 Å². The van der Waals surface area contributed by atoms with Crippen molar-refractivity contribution in [1.82, 2.24) is 15.1 Å². The van der Waals surface area contributed by atoms with Gasteiger partial charge in [0.15, 0.2) is 0 Å². The fraction of sp³-hybridized carbons (Fsp3) is 0.316. The Morgan fingerprint density at radius 2 is 2.00 bits per heavy atom. The number of urea groups is 1. The number of nitrogens with zero attached hydrogens (tertiary/aromatic N) is 2. The van der Waals surface area contributed by atoms with Crippen LogP contribution in [-0.4, -0.2) is 21.7 Å². The van der Waals surface area contributed by atoms with Gasteiger partial charge in [0.25, 0.3) is 0 Å². The van der Waals surface area contributed by atoms with Crippen molar-refractivity contribution in [2.45, 2.75) is 39.8 Å². The second kappa shape index (κ2) is 9.78. The number of hydrogen-bond donors (Lipinski definition) is 3. The van der Waals surface area contributed by atoms with Gasteiger partial charge in [-0.25, -0.2) is 4.79 Å². The Hall–Kier alpha value is -2.80. The minimum absolute atomic E-state index is 0.230. The molecule has 0 fully saturated rings. The van der Waals surface area contributed by atoms with E-state index in [1.807, 2.05) is 6.92 Å². The molecule has 0 aliphatic rings. The molecule has 144 valence electrons. The first-order valence-corrected chi connectivity index (χ1v) is 9.12. The molecule has 2 rings (SSSR count). The molecule has 8 heteroatoms. The number of hydrogen-bond acceptors (Lipinski definition) is 3. The van der Waals surface area contributed by atoms with E-state index in [0.717, 1.165) is 36.2 Å². The Labute approximate surface area is 163 Å². The van der Waals surface area contributed by atoms with Crippen molar-refractivity contribution in [3.8, 4) is 0 Å². The lowest BCUT2D eigenvalue weighted by Crippen LogP contribution is -2.20. The maximum atomic E-state index is 12.1. The van der Waals surface area contributed by atoms with E-state index in [9.17, 15) is 9.59 Å². The zero-order valence-corrected chi connectivity index (χ0v) is 16.2. The number of carbonyl (C=O) groups is 2. The number of amides is 3. The number of rotatable bonds is 8. The molecular weight excluding hydrogens is 366 g/mol. The fourth-order valence-corrected chi connectivity index (χ4v) is 2.79. The number of anilines is 1. The summed E-state index contributed by atoms with van der Waals surface area (Å²) in [7, 11) is 0. The van der Waals surface area contributed by atoms with Gasteiger partial charge >= 0.3 is 6.03 Å². The lowest BCUT2D eigenvalue weighted by atomic mass is 10.2. The number of nitrogens with two attached hydrogens (primary N) is 1. The van der Waals surface area contributed by atoms with E-state index >= 15 is 0 Å². The van der Waals surface area contributed by atoms with Crippen molar-refractivity contribution in [3.63, 3.8) is 0 Å². The summed E-state index contributed by atoms with van der Waals surface area (Å²) in [6.07, 6.45) is 5.19. The van der Waals surface area contributed by atoms with Crippen LogP contribution in [0.25, 0.3) is 6.08 Å². The Morgan fingerprint density at radius 3 is 2.63 bits per heavy atom. The first kappa shape index (κ1) is 20.5. The first-order chi connectivity index (χ1) is 12.9. The number of nitrogens with one attached hydrogen (secondary N) is 2. The van der Waals surface area contributed by atoms with Crippen LogP contribution >= 0.6 is 11.6 Å². The lowest BCUT2D eigenvalue weighted by molar-refractivity contribution is -0.116. The van der Waals surface area contributed by atoms with Gasteiger partial charge in [-0.1, -0.05) is 37.1 Å². The maximum absolute atomic E-state index is 12.1. The average molecular weight is 390 g/mol. The average Bonchev–Trinajstić information content (AvgIpc) is 2.90. The van der Waals surface area contributed by atoms with Crippen LogP contribution < -0.4 is 16.4 Å². The number of benzene rings is 1. The minimum Gasteiger partial charge on any atom is -0.351 e. The van der Waals surface area contributed by atoms with Crippen LogP contribution in [0.4, 0.5) is 10.5 Å². The number of unbranched alkanes of at least 4 members (excludes halogenated alkanes) is 1. The number of aromatic nitrogens is 2. The van der Waals surface area contributed by atoms with Gasteiger partial charge in [0, 0.05) is 30.4 Å². The number of aryl methyl sites for hydroxylation is 2. The van der Waals surface area contributed by atoms with Crippen LogP contribution in [0.3, 0.4) is 0 Å². The van der Waals surface area contributed by atoms with E-state index in [-0.39, 0.29) is 5.91 Å².